The quantitative estimate of drug-likeness (QED) is 0.795. The number of nitrogens with zero attached hydrogens (tertiary/aromatic N) is 2. The van der Waals surface area contributed by atoms with E-state index in [0.717, 1.165) is 5.56 Å². The summed E-state index contributed by atoms with van der Waals surface area (Å²) in [6, 6.07) is 13.0. The van der Waals surface area contributed by atoms with E-state index < -0.39 is 0 Å². The van der Waals surface area contributed by atoms with Gasteiger partial charge in [-0.3, -0.25) is 14.7 Å². The van der Waals surface area contributed by atoms with Crippen molar-refractivity contribution in [1.82, 2.24) is 9.88 Å². The molecule has 1 fully saturated rings. The molecule has 0 aliphatic carbocycles. The third-order valence-electron chi connectivity index (χ3n) is 3.18. The van der Waals surface area contributed by atoms with Crippen LogP contribution in [0.3, 0.4) is 0 Å². The first-order valence-corrected chi connectivity index (χ1v) is 6.63. The summed E-state index contributed by atoms with van der Waals surface area (Å²) in [7, 11) is 0. The van der Waals surface area contributed by atoms with Crippen molar-refractivity contribution in [3.05, 3.63) is 66.0 Å². The molecule has 1 saturated heterocycles. The number of thiocarbonyl (C=S) groups is 1. The molecule has 1 aromatic heterocycles. The molecule has 0 N–H and O–H groups in total. The van der Waals surface area contributed by atoms with Crippen molar-refractivity contribution >= 4 is 23.3 Å². The number of benzene rings is 1. The Hall–Kier alpha value is -2.27. The largest absolute Gasteiger partial charge is 0.468 e. The molecule has 100 valence electrons. The van der Waals surface area contributed by atoms with E-state index in [-0.39, 0.29) is 17.1 Å². The van der Waals surface area contributed by atoms with Crippen molar-refractivity contribution in [2.45, 2.75) is 6.04 Å². The van der Waals surface area contributed by atoms with Gasteiger partial charge in [0.2, 0.25) is 0 Å². The van der Waals surface area contributed by atoms with Crippen LogP contribution in [0.2, 0.25) is 0 Å². The van der Waals surface area contributed by atoms with Gasteiger partial charge in [0.15, 0.2) is 0 Å². The molecule has 2 heterocycles. The molecule has 0 spiro atoms. The monoisotopic (exact) mass is 284 g/mol. The molecule has 0 unspecified atom stereocenters. The van der Waals surface area contributed by atoms with E-state index >= 15 is 0 Å². The van der Waals surface area contributed by atoms with Crippen molar-refractivity contribution < 1.29 is 9.53 Å². The second-order valence-electron chi connectivity index (χ2n) is 4.42. The lowest BCUT2D eigenvalue weighted by atomic mass is 10.1. The molecule has 5 heteroatoms. The number of aromatic nitrogens is 1. The van der Waals surface area contributed by atoms with Gasteiger partial charge in [0.1, 0.15) is 12.6 Å². The molecule has 1 atom stereocenters. The average Bonchev–Trinajstić information content (AvgIpc) is 2.90. The molecular weight excluding hydrogens is 272 g/mol. The van der Waals surface area contributed by atoms with Crippen molar-refractivity contribution in [2.75, 3.05) is 6.61 Å². The predicted octanol–water partition coefficient (Wildman–Crippen LogP) is 2.58. The van der Waals surface area contributed by atoms with Crippen LogP contribution in [0.1, 0.15) is 22.0 Å². The standard InChI is InChI=1S/C15H12N2O2S/c18-14(12-7-4-8-16-9-12)17-13(10-19-15(17)20)11-5-2-1-3-6-11/h1-9,13H,10H2/t13-/m1/s1. The fraction of sp³-hybridized carbons (Fsp3) is 0.133. The molecule has 1 aromatic carbocycles. The van der Waals surface area contributed by atoms with Crippen LogP contribution >= 0.6 is 12.2 Å². The van der Waals surface area contributed by atoms with Gasteiger partial charge in [0, 0.05) is 12.4 Å². The van der Waals surface area contributed by atoms with Gasteiger partial charge in [0.05, 0.1) is 5.56 Å². The molecule has 20 heavy (non-hydrogen) atoms. The minimum atomic E-state index is -0.186. The Bertz CT molecular complexity index is 631. The van der Waals surface area contributed by atoms with Crippen LogP contribution < -0.4 is 0 Å². The van der Waals surface area contributed by atoms with Gasteiger partial charge in [-0.1, -0.05) is 30.3 Å². The first-order chi connectivity index (χ1) is 9.77. The van der Waals surface area contributed by atoms with E-state index in [2.05, 4.69) is 4.98 Å². The Morgan fingerprint density at radius 1 is 1.25 bits per heavy atom. The number of carbonyl (C=O) groups excluding carboxylic acids is 1. The zero-order valence-corrected chi connectivity index (χ0v) is 11.4. The van der Waals surface area contributed by atoms with Gasteiger partial charge in [0.25, 0.3) is 11.1 Å². The number of ether oxygens (including phenoxy) is 1. The van der Waals surface area contributed by atoms with Gasteiger partial charge in [-0.25, -0.2) is 0 Å². The lowest BCUT2D eigenvalue weighted by molar-refractivity contribution is 0.0823. The summed E-state index contributed by atoms with van der Waals surface area (Å²) in [6.45, 7) is 0.384. The maximum absolute atomic E-state index is 12.6. The fourth-order valence-electron chi connectivity index (χ4n) is 2.19. The summed E-state index contributed by atoms with van der Waals surface area (Å²) in [4.78, 5) is 18.0. The topological polar surface area (TPSA) is 42.4 Å². The molecule has 2 aromatic rings. The first-order valence-electron chi connectivity index (χ1n) is 6.22. The Morgan fingerprint density at radius 2 is 2.05 bits per heavy atom. The van der Waals surface area contributed by atoms with Crippen LogP contribution in [0.5, 0.6) is 0 Å². The van der Waals surface area contributed by atoms with Crippen molar-refractivity contribution in [1.29, 1.82) is 0 Å². The van der Waals surface area contributed by atoms with Crippen LogP contribution in [-0.4, -0.2) is 27.6 Å². The average molecular weight is 284 g/mol. The molecule has 1 amide bonds. The van der Waals surface area contributed by atoms with Gasteiger partial charge in [-0.15, -0.1) is 0 Å². The Morgan fingerprint density at radius 3 is 2.75 bits per heavy atom. The van der Waals surface area contributed by atoms with E-state index in [1.54, 1.807) is 18.3 Å². The Kier molecular flexibility index (Phi) is 3.43. The highest BCUT2D eigenvalue weighted by molar-refractivity contribution is 7.80. The second kappa shape index (κ2) is 5.38. The van der Waals surface area contributed by atoms with Crippen LogP contribution in [-0.2, 0) is 4.74 Å². The summed E-state index contributed by atoms with van der Waals surface area (Å²) < 4.78 is 5.39. The Labute approximate surface area is 122 Å². The third kappa shape index (κ3) is 2.28. The summed E-state index contributed by atoms with van der Waals surface area (Å²) >= 11 is 5.16. The molecule has 0 bridgehead atoms. The SMILES string of the molecule is O=C(c1cccnc1)N1C(=S)OC[C@@H]1c1ccccc1. The van der Waals surface area contributed by atoms with E-state index in [4.69, 9.17) is 17.0 Å². The number of hydrogen-bond acceptors (Lipinski definition) is 4. The molecule has 1 aliphatic rings. The summed E-state index contributed by atoms with van der Waals surface area (Å²) in [5.74, 6) is -0.186. The van der Waals surface area contributed by atoms with E-state index in [9.17, 15) is 4.79 Å². The maximum Gasteiger partial charge on any atom is 0.267 e. The summed E-state index contributed by atoms with van der Waals surface area (Å²) in [6.07, 6.45) is 3.16. The second-order valence-corrected chi connectivity index (χ2v) is 4.77. The van der Waals surface area contributed by atoms with E-state index in [1.807, 2.05) is 30.3 Å². The van der Waals surface area contributed by atoms with Crippen molar-refractivity contribution in [3.8, 4) is 0 Å². The molecule has 3 rings (SSSR count). The van der Waals surface area contributed by atoms with Crippen molar-refractivity contribution in [3.63, 3.8) is 0 Å². The molecule has 1 aliphatic heterocycles. The predicted molar refractivity (Wildman–Crippen MR) is 78.1 cm³/mol. The van der Waals surface area contributed by atoms with Crippen LogP contribution in [0.4, 0.5) is 0 Å². The third-order valence-corrected chi connectivity index (χ3v) is 3.50. The zero-order valence-electron chi connectivity index (χ0n) is 10.6. The fourth-order valence-corrected chi connectivity index (χ4v) is 2.47. The van der Waals surface area contributed by atoms with Crippen LogP contribution in [0, 0.1) is 0 Å². The highest BCUT2D eigenvalue weighted by Gasteiger charge is 2.36. The molecule has 0 saturated carbocycles. The molecular formula is C15H12N2O2S. The maximum atomic E-state index is 12.6. The van der Waals surface area contributed by atoms with Crippen LogP contribution in [0.15, 0.2) is 54.9 Å². The van der Waals surface area contributed by atoms with E-state index in [1.165, 1.54) is 11.1 Å². The number of hydrogen-bond donors (Lipinski definition) is 0. The smallest absolute Gasteiger partial charge is 0.267 e. The number of rotatable bonds is 2. The highest BCUT2D eigenvalue weighted by Crippen LogP contribution is 2.29. The first kappa shape index (κ1) is 12.7. The molecule has 4 nitrogen and oxygen atoms in total. The number of pyridine rings is 1. The van der Waals surface area contributed by atoms with Gasteiger partial charge in [-0.2, -0.15) is 0 Å². The van der Waals surface area contributed by atoms with Crippen molar-refractivity contribution in [2.24, 2.45) is 0 Å². The summed E-state index contributed by atoms with van der Waals surface area (Å²) in [5, 5.41) is 0.215. The number of carbonyl (C=O) groups is 1. The number of amides is 1. The normalized spacial score (nSPS) is 17.9. The molecule has 0 radical (unpaired) electrons. The Balaban J connectivity index is 1.94. The van der Waals surface area contributed by atoms with Gasteiger partial charge < -0.3 is 4.74 Å². The minimum absolute atomic E-state index is 0.184. The lowest BCUT2D eigenvalue weighted by Gasteiger charge is -2.21. The minimum Gasteiger partial charge on any atom is -0.468 e. The van der Waals surface area contributed by atoms with Gasteiger partial charge in [-0.05, 0) is 29.9 Å². The van der Waals surface area contributed by atoms with Gasteiger partial charge >= 0.3 is 0 Å². The zero-order chi connectivity index (χ0) is 13.9. The van der Waals surface area contributed by atoms with Crippen LogP contribution in [0.25, 0.3) is 0 Å². The van der Waals surface area contributed by atoms with E-state index in [0.29, 0.717) is 12.2 Å². The highest BCUT2D eigenvalue weighted by atomic mass is 32.1. The lowest BCUT2D eigenvalue weighted by Crippen LogP contribution is -2.34. The summed E-state index contributed by atoms with van der Waals surface area (Å²) in [5.41, 5.74) is 1.51.